The zero-order chi connectivity index (χ0) is 28.6. The molecule has 216 valence electrons. The molecule has 1 atom stereocenters. The van der Waals surface area contributed by atoms with Gasteiger partial charge in [-0.25, -0.2) is 9.18 Å². The normalized spacial score (nSPS) is 16.6. The topological polar surface area (TPSA) is 74.4 Å². The zero-order valence-corrected chi connectivity index (χ0v) is 24.3. The monoisotopic (exact) mass is 564 g/mol. The highest BCUT2D eigenvalue weighted by Gasteiger charge is 2.31. The maximum Gasteiger partial charge on any atom is 0.414 e. The lowest BCUT2D eigenvalue weighted by Gasteiger charge is -2.30. The lowest BCUT2D eigenvalue weighted by Crippen LogP contribution is -2.43. The van der Waals surface area contributed by atoms with Crippen molar-refractivity contribution in [3.05, 3.63) is 54.3 Å². The summed E-state index contributed by atoms with van der Waals surface area (Å²) in [5.41, 5.74) is 1.16. The number of nitrogens with zero attached hydrogens (tertiary/aromatic N) is 3. The Bertz CT molecular complexity index is 999. The van der Waals surface area contributed by atoms with Crippen molar-refractivity contribution in [2.75, 3.05) is 68.8 Å². The van der Waals surface area contributed by atoms with Gasteiger partial charge in [-0.3, -0.25) is 9.69 Å². The van der Waals surface area contributed by atoms with E-state index in [2.05, 4.69) is 31.0 Å². The molecule has 2 aliphatic heterocycles. The lowest BCUT2D eigenvalue weighted by atomic mass is 10.2. The highest BCUT2D eigenvalue weighted by molar-refractivity contribution is 6.63. The maximum atomic E-state index is 14.4. The van der Waals surface area contributed by atoms with Crippen LogP contribution in [0.4, 0.5) is 20.6 Å². The number of hydrogen-bond acceptors (Lipinski definition) is 7. The molecule has 39 heavy (non-hydrogen) atoms. The minimum absolute atomic E-state index is 0.0778. The molecule has 4 rings (SSSR count). The number of amides is 1. The van der Waals surface area contributed by atoms with Crippen LogP contribution in [0.3, 0.4) is 0 Å². The molecule has 0 aromatic heterocycles. The number of carbonyl (C=O) groups is 2. The molecule has 1 amide bonds. The molecule has 1 N–H and O–H groups in total. The van der Waals surface area contributed by atoms with Gasteiger partial charge < -0.3 is 24.6 Å². The summed E-state index contributed by atoms with van der Waals surface area (Å²) in [5.74, 6) is 0.364. The first kappa shape index (κ1) is 32.3. The number of benzene rings is 2. The van der Waals surface area contributed by atoms with E-state index in [4.69, 9.17) is 21.1 Å². The van der Waals surface area contributed by atoms with Gasteiger partial charge in [-0.15, -0.1) is 0 Å². The van der Waals surface area contributed by atoms with Crippen LogP contribution in [0.15, 0.2) is 48.5 Å². The zero-order valence-electron chi connectivity index (χ0n) is 23.5. The van der Waals surface area contributed by atoms with Crippen molar-refractivity contribution < 1.29 is 23.5 Å². The van der Waals surface area contributed by atoms with Crippen LogP contribution in [-0.4, -0.2) is 81.3 Å². The van der Waals surface area contributed by atoms with Gasteiger partial charge in [-0.05, 0) is 68.0 Å². The summed E-state index contributed by atoms with van der Waals surface area (Å²) in [7, 11) is 0. The van der Waals surface area contributed by atoms with Gasteiger partial charge in [0.1, 0.15) is 17.7 Å². The molecule has 2 aromatic carbocycles. The Labute approximate surface area is 237 Å². The Hall–Kier alpha value is -2.88. The van der Waals surface area contributed by atoms with Crippen LogP contribution in [0.2, 0.25) is 0 Å². The molecule has 2 aromatic rings. The van der Waals surface area contributed by atoms with E-state index in [0.717, 1.165) is 32.6 Å². The molecule has 2 fully saturated rings. The number of para-hydroxylation sites is 1. The van der Waals surface area contributed by atoms with Gasteiger partial charge >= 0.3 is 6.09 Å². The standard InChI is InChI=1S/C15H20FN3O2.C8H7ClO2.C6H15N/c1-2-12-10-19(15(20)21-12)11-3-4-14(13(16)9-11)18-7-5-17-6-8-18;9-8(10)6-11-7-4-2-1-3-5-7;1-4-7(5-2)6-3/h3-4,9,12,17H,2,5-8,10H2,1H3;1-5H,6H2;4-6H2,1-3H3/t12-;;/m0../s1. The number of nitrogens with one attached hydrogen (secondary N) is 1. The van der Waals surface area contributed by atoms with Crippen LogP contribution in [0.25, 0.3) is 0 Å². The Kier molecular flexibility index (Phi) is 14.6. The van der Waals surface area contributed by atoms with E-state index in [1.807, 2.05) is 30.0 Å². The van der Waals surface area contributed by atoms with Crippen LogP contribution in [0, 0.1) is 5.82 Å². The van der Waals surface area contributed by atoms with Gasteiger partial charge in [0.05, 0.1) is 17.9 Å². The molecule has 0 radical (unpaired) electrons. The van der Waals surface area contributed by atoms with Crippen LogP contribution in [-0.2, 0) is 9.53 Å². The average Bonchev–Trinajstić information content (AvgIpc) is 3.35. The van der Waals surface area contributed by atoms with E-state index in [1.165, 1.54) is 30.6 Å². The number of ether oxygens (including phenoxy) is 2. The van der Waals surface area contributed by atoms with E-state index in [0.29, 0.717) is 23.7 Å². The molecule has 8 nitrogen and oxygen atoms in total. The first-order valence-corrected chi connectivity index (χ1v) is 14.0. The lowest BCUT2D eigenvalue weighted by molar-refractivity contribution is -0.113. The van der Waals surface area contributed by atoms with Crippen molar-refractivity contribution in [3.63, 3.8) is 0 Å². The van der Waals surface area contributed by atoms with Crippen molar-refractivity contribution in [2.24, 2.45) is 0 Å². The predicted octanol–water partition coefficient (Wildman–Crippen LogP) is 5.15. The van der Waals surface area contributed by atoms with Gasteiger partial charge in [-0.2, -0.15) is 0 Å². The summed E-state index contributed by atoms with van der Waals surface area (Å²) in [6, 6.07) is 14.0. The van der Waals surface area contributed by atoms with Crippen molar-refractivity contribution >= 4 is 34.3 Å². The maximum absolute atomic E-state index is 14.4. The van der Waals surface area contributed by atoms with Crippen LogP contribution in [0.5, 0.6) is 5.75 Å². The van der Waals surface area contributed by atoms with E-state index in [1.54, 1.807) is 24.3 Å². The van der Waals surface area contributed by atoms with Gasteiger partial charge in [0, 0.05) is 26.2 Å². The molecule has 10 heteroatoms. The van der Waals surface area contributed by atoms with E-state index < -0.39 is 11.3 Å². The minimum atomic E-state index is -0.492. The van der Waals surface area contributed by atoms with E-state index >= 15 is 0 Å². The third-order valence-corrected chi connectivity index (χ3v) is 6.58. The number of halogens is 2. The Balaban J connectivity index is 0.000000248. The Morgan fingerprint density at radius 2 is 1.72 bits per heavy atom. The molecule has 0 bridgehead atoms. The summed E-state index contributed by atoms with van der Waals surface area (Å²) in [4.78, 5) is 28.0. The summed E-state index contributed by atoms with van der Waals surface area (Å²) >= 11 is 5.06. The van der Waals surface area contributed by atoms with Crippen molar-refractivity contribution in [1.82, 2.24) is 10.2 Å². The van der Waals surface area contributed by atoms with Crippen LogP contribution in [0.1, 0.15) is 34.1 Å². The molecule has 0 saturated carbocycles. The first-order valence-electron chi connectivity index (χ1n) is 13.6. The molecule has 2 saturated heterocycles. The Morgan fingerprint density at radius 3 is 2.21 bits per heavy atom. The van der Waals surface area contributed by atoms with Gasteiger partial charge in [0.2, 0.25) is 0 Å². The second kappa shape index (κ2) is 17.7. The minimum Gasteiger partial charge on any atom is -0.484 e. The van der Waals surface area contributed by atoms with Gasteiger partial charge in [0.15, 0.2) is 6.61 Å². The number of anilines is 2. The van der Waals surface area contributed by atoms with Crippen LogP contribution < -0.4 is 19.9 Å². The Morgan fingerprint density at radius 1 is 1.08 bits per heavy atom. The van der Waals surface area contributed by atoms with E-state index in [9.17, 15) is 14.0 Å². The summed E-state index contributed by atoms with van der Waals surface area (Å²) < 4.78 is 24.5. The quantitative estimate of drug-likeness (QED) is 0.422. The number of piperazine rings is 1. The molecule has 2 heterocycles. The molecular formula is C29H42ClFN4O4. The summed E-state index contributed by atoms with van der Waals surface area (Å²) in [6.07, 6.45) is 0.272. The molecule has 0 aliphatic carbocycles. The van der Waals surface area contributed by atoms with Crippen molar-refractivity contribution in [1.29, 1.82) is 0 Å². The first-order chi connectivity index (χ1) is 18.8. The second-order valence-corrected chi connectivity index (χ2v) is 9.40. The number of rotatable bonds is 9. The third kappa shape index (κ3) is 11.0. The SMILES string of the molecule is CCN(CC)CC.CC[C@H]1CN(c2ccc(N3CCNCC3)c(F)c2)C(=O)O1.O=C(Cl)COc1ccccc1. The fraction of sp³-hybridized carbons (Fsp3) is 0.517. The largest absolute Gasteiger partial charge is 0.484 e. The van der Waals surface area contributed by atoms with Gasteiger partial charge in [-0.1, -0.05) is 45.9 Å². The third-order valence-electron chi connectivity index (χ3n) is 6.47. The number of hydrogen-bond donors (Lipinski definition) is 1. The fourth-order valence-corrected chi connectivity index (χ4v) is 4.15. The predicted molar refractivity (Wildman–Crippen MR) is 156 cm³/mol. The van der Waals surface area contributed by atoms with Gasteiger partial charge in [0.25, 0.3) is 5.24 Å². The molecule has 0 unspecified atom stereocenters. The molecule has 2 aliphatic rings. The molecular weight excluding hydrogens is 523 g/mol. The number of cyclic esters (lactones) is 1. The summed E-state index contributed by atoms with van der Waals surface area (Å²) in [5, 5.41) is 2.75. The van der Waals surface area contributed by atoms with Crippen molar-refractivity contribution in [3.8, 4) is 5.75 Å². The fourth-order valence-electron chi connectivity index (χ4n) is 4.10. The van der Waals surface area contributed by atoms with Crippen molar-refractivity contribution in [2.45, 2.75) is 40.2 Å². The average molecular weight is 565 g/mol. The highest BCUT2D eigenvalue weighted by Crippen LogP contribution is 2.28. The van der Waals surface area contributed by atoms with E-state index in [-0.39, 0.29) is 18.5 Å². The highest BCUT2D eigenvalue weighted by atomic mass is 35.5. The van der Waals surface area contributed by atoms with Crippen LogP contribution >= 0.6 is 11.6 Å². The summed E-state index contributed by atoms with van der Waals surface area (Å²) in [6.45, 7) is 15.8. The number of carbonyl (C=O) groups excluding carboxylic acids is 2. The smallest absolute Gasteiger partial charge is 0.414 e. The molecule has 0 spiro atoms. The second-order valence-electron chi connectivity index (χ2n) is 8.97.